The Hall–Kier alpha value is -0.510. The number of methoxy groups -OCH3 is 1. The Morgan fingerprint density at radius 2 is 2.29 bits per heavy atom. The Balaban J connectivity index is 1.91. The normalized spacial score (nSPS) is 20.2. The zero-order chi connectivity index (χ0) is 12.1. The highest BCUT2D eigenvalue weighted by molar-refractivity contribution is 8.00. The standard InChI is InChI=1S/C14H21NOS/c1-15-12(7-5-9-16-2)14-10-11-6-3-4-8-13(11)17-14/h3-4,6,8,12,14-15H,5,7,9-10H2,1-2H3. The minimum atomic E-state index is 0.586. The van der Waals surface area contributed by atoms with Crippen molar-refractivity contribution >= 4 is 11.8 Å². The van der Waals surface area contributed by atoms with Gasteiger partial charge in [0.2, 0.25) is 0 Å². The molecular weight excluding hydrogens is 230 g/mol. The number of fused-ring (bicyclic) bond motifs is 1. The Morgan fingerprint density at radius 3 is 3.00 bits per heavy atom. The van der Waals surface area contributed by atoms with Gasteiger partial charge in [-0.25, -0.2) is 0 Å². The Bertz CT molecular complexity index is 331. The average molecular weight is 251 g/mol. The first-order valence-electron chi connectivity index (χ1n) is 6.26. The van der Waals surface area contributed by atoms with Crippen LogP contribution in [0, 0.1) is 0 Å². The predicted octanol–water partition coefficient (Wildman–Crippen LogP) is 2.72. The van der Waals surface area contributed by atoms with E-state index in [1.807, 2.05) is 11.8 Å². The molecule has 1 aliphatic heterocycles. The molecule has 1 aliphatic rings. The molecule has 3 heteroatoms. The van der Waals surface area contributed by atoms with Crippen LogP contribution in [-0.2, 0) is 11.2 Å². The maximum atomic E-state index is 5.13. The van der Waals surface area contributed by atoms with Gasteiger partial charge in [0, 0.05) is 29.9 Å². The molecule has 0 radical (unpaired) electrons. The van der Waals surface area contributed by atoms with Crippen LogP contribution < -0.4 is 5.32 Å². The van der Waals surface area contributed by atoms with E-state index in [-0.39, 0.29) is 0 Å². The summed E-state index contributed by atoms with van der Waals surface area (Å²) in [6.07, 6.45) is 3.52. The fourth-order valence-corrected chi connectivity index (χ4v) is 3.88. The van der Waals surface area contributed by atoms with E-state index in [1.165, 1.54) is 23.3 Å². The van der Waals surface area contributed by atoms with E-state index < -0.39 is 0 Å². The van der Waals surface area contributed by atoms with E-state index in [4.69, 9.17) is 4.74 Å². The van der Waals surface area contributed by atoms with Crippen molar-refractivity contribution in [2.45, 2.75) is 35.4 Å². The Labute approximate surface area is 108 Å². The van der Waals surface area contributed by atoms with Crippen LogP contribution in [0.5, 0.6) is 0 Å². The molecule has 0 amide bonds. The van der Waals surface area contributed by atoms with Crippen LogP contribution in [0.25, 0.3) is 0 Å². The summed E-state index contributed by atoms with van der Waals surface area (Å²) < 4.78 is 5.13. The smallest absolute Gasteiger partial charge is 0.0462 e. The lowest BCUT2D eigenvalue weighted by Crippen LogP contribution is -2.35. The van der Waals surface area contributed by atoms with Crippen LogP contribution in [0.1, 0.15) is 18.4 Å². The largest absolute Gasteiger partial charge is 0.385 e. The second-order valence-electron chi connectivity index (χ2n) is 4.50. The van der Waals surface area contributed by atoms with Gasteiger partial charge in [-0.2, -0.15) is 0 Å². The molecule has 17 heavy (non-hydrogen) atoms. The van der Waals surface area contributed by atoms with Crippen LogP contribution in [0.3, 0.4) is 0 Å². The fourth-order valence-electron chi connectivity index (χ4n) is 2.40. The topological polar surface area (TPSA) is 21.3 Å². The van der Waals surface area contributed by atoms with E-state index in [9.17, 15) is 0 Å². The minimum absolute atomic E-state index is 0.586. The molecule has 2 unspecified atom stereocenters. The lowest BCUT2D eigenvalue weighted by molar-refractivity contribution is 0.189. The highest BCUT2D eigenvalue weighted by Crippen LogP contribution is 2.38. The molecule has 0 saturated carbocycles. The number of thioether (sulfide) groups is 1. The van der Waals surface area contributed by atoms with Crippen LogP contribution >= 0.6 is 11.8 Å². The fraction of sp³-hybridized carbons (Fsp3) is 0.571. The lowest BCUT2D eigenvalue weighted by Gasteiger charge is -2.22. The molecule has 0 aliphatic carbocycles. The monoisotopic (exact) mass is 251 g/mol. The van der Waals surface area contributed by atoms with Crippen molar-refractivity contribution in [3.63, 3.8) is 0 Å². The maximum Gasteiger partial charge on any atom is 0.0462 e. The van der Waals surface area contributed by atoms with Gasteiger partial charge in [0.25, 0.3) is 0 Å². The van der Waals surface area contributed by atoms with Gasteiger partial charge in [0.15, 0.2) is 0 Å². The molecule has 0 aromatic heterocycles. The predicted molar refractivity (Wildman–Crippen MR) is 73.7 cm³/mol. The summed E-state index contributed by atoms with van der Waals surface area (Å²) >= 11 is 2.02. The molecule has 1 heterocycles. The van der Waals surface area contributed by atoms with Crippen molar-refractivity contribution in [1.82, 2.24) is 5.32 Å². The molecule has 2 atom stereocenters. The van der Waals surface area contributed by atoms with Gasteiger partial charge in [-0.1, -0.05) is 18.2 Å². The number of nitrogens with one attached hydrogen (secondary N) is 1. The lowest BCUT2D eigenvalue weighted by atomic mass is 10.0. The van der Waals surface area contributed by atoms with Crippen LogP contribution in [0.2, 0.25) is 0 Å². The zero-order valence-corrected chi connectivity index (χ0v) is 11.4. The van der Waals surface area contributed by atoms with Crippen molar-refractivity contribution in [3.8, 4) is 0 Å². The summed E-state index contributed by atoms with van der Waals surface area (Å²) in [4.78, 5) is 1.46. The summed E-state index contributed by atoms with van der Waals surface area (Å²) in [7, 11) is 3.84. The van der Waals surface area contributed by atoms with Crippen molar-refractivity contribution < 1.29 is 4.74 Å². The molecule has 0 spiro atoms. The Morgan fingerprint density at radius 1 is 1.47 bits per heavy atom. The number of ether oxygens (including phenoxy) is 1. The molecule has 2 rings (SSSR count). The molecule has 2 nitrogen and oxygen atoms in total. The van der Waals surface area contributed by atoms with Gasteiger partial charge >= 0.3 is 0 Å². The number of hydrogen-bond acceptors (Lipinski definition) is 3. The van der Waals surface area contributed by atoms with Crippen LogP contribution in [0.4, 0.5) is 0 Å². The molecule has 94 valence electrons. The third-order valence-corrected chi connectivity index (χ3v) is 4.81. The van der Waals surface area contributed by atoms with Crippen molar-refractivity contribution in [2.75, 3.05) is 20.8 Å². The van der Waals surface area contributed by atoms with Gasteiger partial charge < -0.3 is 10.1 Å². The molecule has 0 saturated heterocycles. The van der Waals surface area contributed by atoms with Gasteiger partial charge in [-0.15, -0.1) is 11.8 Å². The third kappa shape index (κ3) is 3.24. The molecule has 0 fully saturated rings. The summed E-state index contributed by atoms with van der Waals surface area (Å²) in [5.74, 6) is 0. The first kappa shape index (κ1) is 12.9. The number of hydrogen-bond donors (Lipinski definition) is 1. The van der Waals surface area contributed by atoms with E-state index in [0.717, 1.165) is 13.0 Å². The summed E-state index contributed by atoms with van der Waals surface area (Å²) in [5.41, 5.74) is 1.51. The van der Waals surface area contributed by atoms with Crippen LogP contribution in [0.15, 0.2) is 29.2 Å². The molecule has 1 aromatic rings. The van der Waals surface area contributed by atoms with Gasteiger partial charge in [-0.05, 0) is 37.9 Å². The summed E-state index contributed by atoms with van der Waals surface area (Å²) in [6.45, 7) is 0.864. The third-order valence-electron chi connectivity index (χ3n) is 3.36. The highest BCUT2D eigenvalue weighted by Gasteiger charge is 2.27. The van der Waals surface area contributed by atoms with Gasteiger partial charge in [0.05, 0.1) is 0 Å². The van der Waals surface area contributed by atoms with Gasteiger partial charge in [0.1, 0.15) is 0 Å². The SMILES string of the molecule is CNC(CCCOC)C1Cc2ccccc2S1. The van der Waals surface area contributed by atoms with Gasteiger partial charge in [-0.3, -0.25) is 0 Å². The molecule has 0 bridgehead atoms. The molecular formula is C14H21NOS. The van der Waals surface area contributed by atoms with E-state index >= 15 is 0 Å². The molecule has 1 aromatic carbocycles. The summed E-state index contributed by atoms with van der Waals surface area (Å²) in [6, 6.07) is 9.35. The number of benzene rings is 1. The Kier molecular flexibility index (Phi) is 4.89. The van der Waals surface area contributed by atoms with E-state index in [0.29, 0.717) is 11.3 Å². The van der Waals surface area contributed by atoms with E-state index in [2.05, 4.69) is 36.6 Å². The number of rotatable bonds is 6. The second-order valence-corrected chi connectivity index (χ2v) is 5.78. The van der Waals surface area contributed by atoms with E-state index in [1.54, 1.807) is 7.11 Å². The first-order valence-corrected chi connectivity index (χ1v) is 7.14. The quantitative estimate of drug-likeness (QED) is 0.786. The van der Waals surface area contributed by atoms with Crippen molar-refractivity contribution in [1.29, 1.82) is 0 Å². The average Bonchev–Trinajstić information content (AvgIpc) is 2.78. The first-order chi connectivity index (χ1) is 8.35. The van der Waals surface area contributed by atoms with Crippen molar-refractivity contribution in [3.05, 3.63) is 29.8 Å². The second kappa shape index (κ2) is 6.43. The van der Waals surface area contributed by atoms with Crippen LogP contribution in [-0.4, -0.2) is 32.1 Å². The molecule has 1 N–H and O–H groups in total. The minimum Gasteiger partial charge on any atom is -0.385 e. The maximum absolute atomic E-state index is 5.13. The highest BCUT2D eigenvalue weighted by atomic mass is 32.2. The van der Waals surface area contributed by atoms with Crippen molar-refractivity contribution in [2.24, 2.45) is 0 Å². The summed E-state index contributed by atoms with van der Waals surface area (Å²) in [5, 5.41) is 4.14. The zero-order valence-electron chi connectivity index (χ0n) is 10.6.